The van der Waals surface area contributed by atoms with Crippen molar-refractivity contribution in [1.29, 1.82) is 0 Å². The lowest BCUT2D eigenvalue weighted by molar-refractivity contribution is -0.121. The van der Waals surface area contributed by atoms with Gasteiger partial charge in [-0.3, -0.25) is 9.48 Å². The average molecular weight is 313 g/mol. The number of rotatable bonds is 5. The third-order valence-electron chi connectivity index (χ3n) is 4.43. The van der Waals surface area contributed by atoms with E-state index in [4.69, 9.17) is 0 Å². The molecule has 2 aromatic rings. The van der Waals surface area contributed by atoms with Crippen LogP contribution in [0, 0.1) is 27.7 Å². The summed E-state index contributed by atoms with van der Waals surface area (Å²) in [5.74, 6) is 0.0744. The van der Waals surface area contributed by atoms with E-state index < -0.39 is 0 Å². The van der Waals surface area contributed by atoms with E-state index in [1.54, 1.807) is 0 Å². The number of carbonyl (C=O) groups is 1. The van der Waals surface area contributed by atoms with Gasteiger partial charge in [0.05, 0.1) is 12.1 Å². The van der Waals surface area contributed by atoms with Crippen LogP contribution in [0.2, 0.25) is 0 Å². The molecule has 23 heavy (non-hydrogen) atoms. The molecular weight excluding hydrogens is 286 g/mol. The Bertz CT molecular complexity index is 716. The number of carbonyl (C=O) groups excluding carboxylic acids is 1. The lowest BCUT2D eigenvalue weighted by Gasteiger charge is -2.15. The number of benzene rings is 1. The molecule has 2 rings (SSSR count). The van der Waals surface area contributed by atoms with E-state index in [1.165, 1.54) is 11.1 Å². The minimum absolute atomic E-state index is 0.0744. The first-order valence-corrected chi connectivity index (χ1v) is 8.12. The van der Waals surface area contributed by atoms with Crippen LogP contribution in [0.1, 0.15) is 40.6 Å². The first-order chi connectivity index (χ1) is 10.8. The van der Waals surface area contributed by atoms with E-state index in [0.717, 1.165) is 28.9 Å². The maximum absolute atomic E-state index is 12.3. The number of hydrogen-bond donors (Lipinski definition) is 1. The van der Waals surface area contributed by atoms with Gasteiger partial charge in [-0.05, 0) is 57.7 Å². The van der Waals surface area contributed by atoms with Gasteiger partial charge >= 0.3 is 0 Å². The predicted molar refractivity (Wildman–Crippen MR) is 93.6 cm³/mol. The molecule has 0 radical (unpaired) electrons. The Morgan fingerprint density at radius 3 is 2.57 bits per heavy atom. The van der Waals surface area contributed by atoms with E-state index >= 15 is 0 Å². The lowest BCUT2D eigenvalue weighted by atomic mass is 10.0. The number of amides is 1. The fourth-order valence-corrected chi connectivity index (χ4v) is 2.96. The Labute approximate surface area is 138 Å². The number of nitrogens with zero attached hydrogens (tertiary/aromatic N) is 2. The standard InChI is InChI=1S/C19H27N3O/c1-12-7-8-13(2)17(9-12)11-19(23)20-14(3)10-18-15(4)21-22(6)16(18)5/h7-9,14H,10-11H2,1-6H3,(H,20,23). The van der Waals surface area contributed by atoms with Gasteiger partial charge in [0.25, 0.3) is 0 Å². The van der Waals surface area contributed by atoms with E-state index in [-0.39, 0.29) is 11.9 Å². The molecule has 0 aliphatic rings. The quantitative estimate of drug-likeness (QED) is 0.922. The topological polar surface area (TPSA) is 46.9 Å². The number of nitrogens with one attached hydrogen (secondary N) is 1. The SMILES string of the molecule is Cc1ccc(C)c(CC(=O)NC(C)Cc2c(C)nn(C)c2C)c1. The van der Waals surface area contributed by atoms with E-state index in [9.17, 15) is 4.79 Å². The number of aromatic nitrogens is 2. The van der Waals surface area contributed by atoms with Gasteiger partial charge in [0.1, 0.15) is 0 Å². The Morgan fingerprint density at radius 2 is 1.96 bits per heavy atom. The maximum Gasteiger partial charge on any atom is 0.224 e. The average Bonchev–Trinajstić information content (AvgIpc) is 2.69. The summed E-state index contributed by atoms with van der Waals surface area (Å²) in [6.45, 7) is 10.2. The molecule has 0 aliphatic carbocycles. The highest BCUT2D eigenvalue weighted by Gasteiger charge is 2.15. The van der Waals surface area contributed by atoms with Crippen molar-refractivity contribution in [2.75, 3.05) is 0 Å². The van der Waals surface area contributed by atoms with Crippen LogP contribution in [0.4, 0.5) is 0 Å². The predicted octanol–water partition coefficient (Wildman–Crippen LogP) is 2.94. The molecular formula is C19H27N3O. The summed E-state index contributed by atoms with van der Waals surface area (Å²) >= 11 is 0. The highest BCUT2D eigenvalue weighted by atomic mass is 16.1. The van der Waals surface area contributed by atoms with Gasteiger partial charge in [0.15, 0.2) is 0 Å². The van der Waals surface area contributed by atoms with Crippen LogP contribution < -0.4 is 5.32 Å². The minimum Gasteiger partial charge on any atom is -0.353 e. The van der Waals surface area contributed by atoms with Gasteiger partial charge in [-0.15, -0.1) is 0 Å². The Morgan fingerprint density at radius 1 is 1.26 bits per heavy atom. The van der Waals surface area contributed by atoms with Gasteiger partial charge in [0, 0.05) is 18.8 Å². The minimum atomic E-state index is 0.0744. The molecule has 0 bridgehead atoms. The van der Waals surface area contributed by atoms with Crippen LogP contribution in [0.5, 0.6) is 0 Å². The van der Waals surface area contributed by atoms with Crippen LogP contribution in [0.25, 0.3) is 0 Å². The zero-order valence-corrected chi connectivity index (χ0v) is 15.0. The van der Waals surface area contributed by atoms with Crippen molar-refractivity contribution >= 4 is 5.91 Å². The molecule has 1 heterocycles. The van der Waals surface area contributed by atoms with Gasteiger partial charge in [-0.25, -0.2) is 0 Å². The molecule has 0 saturated carbocycles. The zero-order valence-electron chi connectivity index (χ0n) is 15.0. The molecule has 0 aliphatic heterocycles. The summed E-state index contributed by atoms with van der Waals surface area (Å²) in [6, 6.07) is 6.33. The fraction of sp³-hybridized carbons (Fsp3) is 0.474. The summed E-state index contributed by atoms with van der Waals surface area (Å²) in [4.78, 5) is 12.3. The Balaban J connectivity index is 1.98. The fourth-order valence-electron chi connectivity index (χ4n) is 2.96. The number of hydrogen-bond acceptors (Lipinski definition) is 2. The molecule has 1 unspecified atom stereocenters. The van der Waals surface area contributed by atoms with Crippen molar-refractivity contribution in [1.82, 2.24) is 15.1 Å². The first-order valence-electron chi connectivity index (χ1n) is 8.12. The third-order valence-corrected chi connectivity index (χ3v) is 4.43. The van der Waals surface area contributed by atoms with Gasteiger partial charge in [-0.1, -0.05) is 23.8 Å². The molecule has 0 fully saturated rings. The van der Waals surface area contributed by atoms with E-state index in [2.05, 4.69) is 42.5 Å². The second-order valence-corrected chi connectivity index (χ2v) is 6.55. The summed E-state index contributed by atoms with van der Waals surface area (Å²) in [6.07, 6.45) is 1.24. The second kappa shape index (κ2) is 6.99. The summed E-state index contributed by atoms with van der Waals surface area (Å²) in [5, 5.41) is 7.55. The van der Waals surface area contributed by atoms with Crippen molar-refractivity contribution in [3.05, 3.63) is 51.8 Å². The smallest absolute Gasteiger partial charge is 0.224 e. The zero-order chi connectivity index (χ0) is 17.1. The van der Waals surface area contributed by atoms with Crippen LogP contribution >= 0.6 is 0 Å². The third kappa shape index (κ3) is 4.21. The van der Waals surface area contributed by atoms with Gasteiger partial charge < -0.3 is 5.32 Å². The molecule has 1 N–H and O–H groups in total. The van der Waals surface area contributed by atoms with Crippen molar-refractivity contribution < 1.29 is 4.79 Å². The van der Waals surface area contributed by atoms with Crippen LogP contribution in [0.3, 0.4) is 0 Å². The summed E-state index contributed by atoms with van der Waals surface area (Å²) < 4.78 is 1.90. The highest BCUT2D eigenvalue weighted by molar-refractivity contribution is 5.79. The van der Waals surface area contributed by atoms with Crippen LogP contribution in [0.15, 0.2) is 18.2 Å². The second-order valence-electron chi connectivity index (χ2n) is 6.55. The Hall–Kier alpha value is -2.10. The lowest BCUT2D eigenvalue weighted by Crippen LogP contribution is -2.35. The monoisotopic (exact) mass is 313 g/mol. The van der Waals surface area contributed by atoms with Crippen molar-refractivity contribution in [2.24, 2.45) is 7.05 Å². The molecule has 0 spiro atoms. The summed E-state index contributed by atoms with van der Waals surface area (Å²) in [5.41, 5.74) is 6.89. The molecule has 124 valence electrons. The van der Waals surface area contributed by atoms with Crippen molar-refractivity contribution in [3.63, 3.8) is 0 Å². The molecule has 1 amide bonds. The van der Waals surface area contributed by atoms with Crippen molar-refractivity contribution in [3.8, 4) is 0 Å². The first kappa shape index (κ1) is 17.3. The molecule has 1 aromatic heterocycles. The van der Waals surface area contributed by atoms with Gasteiger partial charge in [0.2, 0.25) is 5.91 Å². The van der Waals surface area contributed by atoms with E-state index in [1.807, 2.05) is 32.5 Å². The highest BCUT2D eigenvalue weighted by Crippen LogP contribution is 2.15. The maximum atomic E-state index is 12.3. The summed E-state index contributed by atoms with van der Waals surface area (Å²) in [7, 11) is 1.95. The number of aryl methyl sites for hydroxylation is 4. The van der Waals surface area contributed by atoms with Crippen molar-refractivity contribution in [2.45, 2.75) is 53.5 Å². The molecule has 4 heteroatoms. The largest absolute Gasteiger partial charge is 0.353 e. The van der Waals surface area contributed by atoms with Crippen LogP contribution in [-0.2, 0) is 24.7 Å². The van der Waals surface area contributed by atoms with Crippen LogP contribution in [-0.4, -0.2) is 21.7 Å². The molecule has 1 atom stereocenters. The molecule has 1 aromatic carbocycles. The molecule has 0 saturated heterocycles. The normalized spacial score (nSPS) is 12.3. The Kier molecular flexibility index (Phi) is 5.24. The molecule has 4 nitrogen and oxygen atoms in total. The van der Waals surface area contributed by atoms with Gasteiger partial charge in [-0.2, -0.15) is 5.10 Å². The van der Waals surface area contributed by atoms with E-state index in [0.29, 0.717) is 6.42 Å².